The summed E-state index contributed by atoms with van der Waals surface area (Å²) in [5, 5.41) is 9.37. The Morgan fingerprint density at radius 2 is 1.45 bits per heavy atom. The van der Waals surface area contributed by atoms with Crippen molar-refractivity contribution >= 4 is 70.8 Å². The quantitative estimate of drug-likeness (QED) is 0.529. The summed E-state index contributed by atoms with van der Waals surface area (Å²) in [6.07, 6.45) is 2.58. The van der Waals surface area contributed by atoms with Gasteiger partial charge >= 0.3 is 0 Å². The van der Waals surface area contributed by atoms with Gasteiger partial charge in [-0.2, -0.15) is 0 Å². The van der Waals surface area contributed by atoms with E-state index in [9.17, 15) is 5.11 Å². The lowest BCUT2D eigenvalue weighted by Gasteiger charge is -2.15. The molecule has 0 bridgehead atoms. The second-order valence-corrected chi connectivity index (χ2v) is 6.50. The molecule has 1 aliphatic heterocycles. The van der Waals surface area contributed by atoms with Crippen LogP contribution in [-0.4, -0.2) is 75.9 Å². The largest absolute Gasteiger partial charge is 0.508 e. The van der Waals surface area contributed by atoms with E-state index in [1.54, 1.807) is 0 Å². The number of aromatic hydroxyl groups is 1. The zero-order valence-corrected chi connectivity index (χ0v) is 12.8. The van der Waals surface area contributed by atoms with Gasteiger partial charge in [0.05, 0.1) is 14.3 Å². The van der Waals surface area contributed by atoms with Crippen LogP contribution in [0.15, 0.2) is 24.3 Å². The van der Waals surface area contributed by atoms with Crippen LogP contribution < -0.4 is 0 Å². The van der Waals surface area contributed by atoms with Gasteiger partial charge < -0.3 is 5.11 Å². The van der Waals surface area contributed by atoms with Gasteiger partial charge in [-0.15, -0.1) is 0 Å². The van der Waals surface area contributed by atoms with Gasteiger partial charge in [0.2, 0.25) is 0 Å². The minimum Gasteiger partial charge on any atom is -0.508 e. The molecule has 0 aromatic heterocycles. The summed E-state index contributed by atoms with van der Waals surface area (Å²) in [5.41, 5.74) is 1.39. The molecular formula is C9H20B10O. The van der Waals surface area contributed by atoms with Crippen molar-refractivity contribution in [2.24, 2.45) is 0 Å². The van der Waals surface area contributed by atoms with Gasteiger partial charge in [-0.1, -0.05) is 24.3 Å². The highest BCUT2D eigenvalue weighted by atomic mass is 16.3. The average molecular weight is 252 g/mol. The Kier molecular flexibility index (Phi) is 7.68. The monoisotopic (exact) mass is 254 g/mol. The van der Waals surface area contributed by atoms with Gasteiger partial charge in [0.25, 0.3) is 0 Å². The standard InChI is InChI=1S/C9H20B10O/c20-9-3-1-7(2-4-9)5-8-6-10-12-14-16-18-19-17-15-13-11-8/h1-4,8,10-20H,5-6H2. The maximum absolute atomic E-state index is 9.37. The van der Waals surface area contributed by atoms with Crippen LogP contribution in [0.3, 0.4) is 0 Å². The third-order valence-electron chi connectivity index (χ3n) is 4.69. The third-order valence-corrected chi connectivity index (χ3v) is 4.69. The topological polar surface area (TPSA) is 20.2 Å². The van der Waals surface area contributed by atoms with E-state index < -0.39 is 0 Å². The van der Waals surface area contributed by atoms with E-state index in [0.29, 0.717) is 5.75 Å². The molecule has 1 N–H and O–H groups in total. The van der Waals surface area contributed by atoms with Crippen LogP contribution in [0.5, 0.6) is 5.75 Å². The lowest BCUT2D eigenvalue weighted by Crippen LogP contribution is -2.35. The summed E-state index contributed by atoms with van der Waals surface area (Å²) in [6.45, 7) is 0. The number of hydrogen-bond donors (Lipinski definition) is 1. The van der Waals surface area contributed by atoms with Crippen LogP contribution in [0.25, 0.3) is 0 Å². The van der Waals surface area contributed by atoms with E-state index in [4.69, 9.17) is 0 Å². The Labute approximate surface area is 130 Å². The molecule has 1 aliphatic rings. The normalized spacial score (nSPS) is 18.7. The van der Waals surface area contributed by atoms with E-state index >= 15 is 0 Å². The summed E-state index contributed by atoms with van der Waals surface area (Å²) in [7, 11) is 14.3. The summed E-state index contributed by atoms with van der Waals surface area (Å²) in [4.78, 5) is 0. The van der Waals surface area contributed by atoms with Crippen LogP contribution in [0, 0.1) is 0 Å². The smallest absolute Gasteiger partial charge is 0.115 e. The fourth-order valence-electron chi connectivity index (χ4n) is 3.42. The van der Waals surface area contributed by atoms with E-state index in [1.807, 2.05) is 12.1 Å². The lowest BCUT2D eigenvalue weighted by molar-refractivity contribution is 0.475. The minimum absolute atomic E-state index is 0.382. The maximum atomic E-state index is 9.37. The molecule has 0 amide bonds. The van der Waals surface area contributed by atoms with Crippen molar-refractivity contribution in [1.82, 2.24) is 0 Å². The molecule has 2 rings (SSSR count). The molecule has 1 fully saturated rings. The number of benzene rings is 1. The molecule has 1 unspecified atom stereocenters. The van der Waals surface area contributed by atoms with Gasteiger partial charge in [0, 0.05) is 56.5 Å². The summed E-state index contributed by atoms with van der Waals surface area (Å²) in [6, 6.07) is 7.83. The Bertz CT molecular complexity index is 361. The van der Waals surface area contributed by atoms with Crippen molar-refractivity contribution in [3.05, 3.63) is 29.8 Å². The molecule has 20 heavy (non-hydrogen) atoms. The second kappa shape index (κ2) is 9.58. The van der Waals surface area contributed by atoms with Crippen LogP contribution in [0.4, 0.5) is 0 Å². The fraction of sp³-hybridized carbons (Fsp3) is 0.333. The predicted molar refractivity (Wildman–Crippen MR) is 112 cm³/mol. The van der Waals surface area contributed by atoms with Crippen molar-refractivity contribution in [1.29, 1.82) is 0 Å². The fourth-order valence-corrected chi connectivity index (χ4v) is 3.42. The first-order chi connectivity index (χ1) is 9.84. The maximum Gasteiger partial charge on any atom is 0.115 e. The minimum atomic E-state index is 0.382. The molecule has 0 spiro atoms. The van der Waals surface area contributed by atoms with E-state index in [2.05, 4.69) is 12.1 Å². The van der Waals surface area contributed by atoms with Crippen molar-refractivity contribution in [2.75, 3.05) is 0 Å². The predicted octanol–water partition coefficient (Wildman–Crippen LogP) is -4.24. The summed E-state index contributed by atoms with van der Waals surface area (Å²) in [5.74, 6) is 1.23. The second-order valence-electron chi connectivity index (χ2n) is 6.50. The molecule has 0 radical (unpaired) electrons. The number of hydrogen-bond acceptors (Lipinski definition) is 1. The van der Waals surface area contributed by atoms with Gasteiger partial charge in [-0.25, -0.2) is 0 Å². The highest BCUT2D eigenvalue weighted by Crippen LogP contribution is 2.19. The van der Waals surface area contributed by atoms with E-state index in [-0.39, 0.29) is 0 Å². The molecule has 92 valence electrons. The highest BCUT2D eigenvalue weighted by Gasteiger charge is 2.14. The summed E-state index contributed by atoms with van der Waals surface area (Å²) >= 11 is 0. The SMILES string of the molecule is Oc1ccc(CC2BBBBBBBBBBC2)cc1. The van der Waals surface area contributed by atoms with E-state index in [0.717, 1.165) is 5.82 Å². The Morgan fingerprint density at radius 1 is 0.850 bits per heavy atom. The number of phenolic OH excluding ortho intramolecular Hbond substituents is 1. The Balaban J connectivity index is 1.83. The zero-order valence-electron chi connectivity index (χ0n) is 12.8. The van der Waals surface area contributed by atoms with Crippen LogP contribution in [0.1, 0.15) is 5.56 Å². The van der Waals surface area contributed by atoms with Gasteiger partial charge in [0.15, 0.2) is 0 Å². The molecule has 1 aromatic carbocycles. The first-order valence-corrected chi connectivity index (χ1v) is 8.62. The van der Waals surface area contributed by atoms with Gasteiger partial charge in [0.1, 0.15) is 5.75 Å². The van der Waals surface area contributed by atoms with Gasteiger partial charge in [-0.3, -0.25) is 0 Å². The Hall–Kier alpha value is -0.331. The molecule has 1 atom stereocenters. The molecule has 11 heteroatoms. The molecule has 0 aliphatic carbocycles. The van der Waals surface area contributed by atoms with Crippen LogP contribution in [0.2, 0.25) is 12.1 Å². The molecule has 1 saturated heterocycles. The van der Waals surface area contributed by atoms with Crippen molar-refractivity contribution in [2.45, 2.75) is 18.6 Å². The lowest BCUT2D eigenvalue weighted by atomic mass is 8.87. The first kappa shape index (κ1) is 16.0. The zero-order chi connectivity index (χ0) is 14.0. The van der Waals surface area contributed by atoms with E-state index in [1.165, 1.54) is 89.1 Å². The number of rotatable bonds is 2. The first-order valence-electron chi connectivity index (χ1n) is 8.62. The molecule has 0 saturated carbocycles. The van der Waals surface area contributed by atoms with Crippen LogP contribution >= 0.6 is 0 Å². The van der Waals surface area contributed by atoms with Crippen LogP contribution in [-0.2, 0) is 6.42 Å². The molecular weight excluding hydrogens is 232 g/mol. The van der Waals surface area contributed by atoms with Gasteiger partial charge in [-0.05, 0) is 24.1 Å². The highest BCUT2D eigenvalue weighted by molar-refractivity contribution is 7.69. The Morgan fingerprint density at radius 3 is 2.15 bits per heavy atom. The summed E-state index contributed by atoms with van der Waals surface area (Å²) < 4.78 is 0. The van der Waals surface area contributed by atoms with Crippen molar-refractivity contribution < 1.29 is 5.11 Å². The number of phenols is 1. The van der Waals surface area contributed by atoms with Crippen molar-refractivity contribution in [3.63, 3.8) is 0 Å². The van der Waals surface area contributed by atoms with Crippen molar-refractivity contribution in [3.8, 4) is 5.75 Å². The molecule has 1 nitrogen and oxygen atoms in total. The molecule has 1 heterocycles. The molecule has 1 aromatic rings. The third kappa shape index (κ3) is 6.41. The average Bonchev–Trinajstić information content (AvgIpc) is 2.44.